The maximum absolute atomic E-state index is 13.0. The minimum Gasteiger partial charge on any atom is -0.321 e. The number of nitrogens with zero attached hydrogens (tertiary/aromatic N) is 3. The first-order valence-corrected chi connectivity index (χ1v) is 6.48. The molecular weight excluding hydrogens is 295 g/mol. The van der Waals surface area contributed by atoms with Gasteiger partial charge >= 0.3 is 0 Å². The largest absolute Gasteiger partial charge is 0.321 e. The zero-order valence-corrected chi connectivity index (χ0v) is 11.7. The lowest BCUT2D eigenvalue weighted by atomic mass is 10.2. The summed E-state index contributed by atoms with van der Waals surface area (Å²) < 4.78 is 14.6. The van der Waals surface area contributed by atoms with E-state index >= 15 is 0 Å². The molecule has 7 heteroatoms. The highest BCUT2D eigenvalue weighted by Gasteiger charge is 2.11. The molecule has 0 saturated heterocycles. The van der Waals surface area contributed by atoms with E-state index in [9.17, 15) is 9.18 Å². The van der Waals surface area contributed by atoms with Crippen molar-refractivity contribution in [3.05, 3.63) is 52.8 Å². The molecule has 0 unspecified atom stereocenters. The molecular formula is C14H10ClFN4O. The van der Waals surface area contributed by atoms with Gasteiger partial charge in [-0.2, -0.15) is 0 Å². The average molecular weight is 305 g/mol. The van der Waals surface area contributed by atoms with E-state index in [0.29, 0.717) is 16.8 Å². The van der Waals surface area contributed by atoms with Crippen LogP contribution in [0, 0.1) is 5.82 Å². The maximum atomic E-state index is 13.0. The molecule has 21 heavy (non-hydrogen) atoms. The molecule has 0 aliphatic heterocycles. The third-order valence-corrected chi connectivity index (χ3v) is 3.36. The van der Waals surface area contributed by atoms with Gasteiger partial charge < -0.3 is 5.32 Å². The third kappa shape index (κ3) is 2.57. The number of rotatable bonds is 2. The van der Waals surface area contributed by atoms with Crippen LogP contribution in [0.25, 0.3) is 11.0 Å². The van der Waals surface area contributed by atoms with Crippen molar-refractivity contribution in [3.63, 3.8) is 0 Å². The number of carbonyl (C=O) groups is 1. The molecule has 0 saturated carbocycles. The van der Waals surface area contributed by atoms with E-state index in [2.05, 4.69) is 15.6 Å². The fourth-order valence-electron chi connectivity index (χ4n) is 1.97. The molecule has 1 amide bonds. The van der Waals surface area contributed by atoms with Crippen molar-refractivity contribution in [2.75, 3.05) is 5.32 Å². The Hall–Kier alpha value is -2.47. The van der Waals surface area contributed by atoms with Gasteiger partial charge in [-0.15, -0.1) is 5.10 Å². The van der Waals surface area contributed by atoms with Crippen molar-refractivity contribution >= 4 is 34.2 Å². The van der Waals surface area contributed by atoms with E-state index in [-0.39, 0.29) is 10.9 Å². The summed E-state index contributed by atoms with van der Waals surface area (Å²) in [5.74, 6) is -0.810. The predicted octanol–water partition coefficient (Wildman–Crippen LogP) is 3.01. The first-order valence-electron chi connectivity index (χ1n) is 6.10. The number of aromatic nitrogens is 3. The topological polar surface area (TPSA) is 59.8 Å². The number of hydrogen-bond donors (Lipinski definition) is 1. The maximum Gasteiger partial charge on any atom is 0.255 e. The normalized spacial score (nSPS) is 10.8. The summed E-state index contributed by atoms with van der Waals surface area (Å²) in [4.78, 5) is 12.2. The minimum atomic E-state index is -0.459. The van der Waals surface area contributed by atoms with Crippen LogP contribution in [0.4, 0.5) is 10.1 Å². The fourth-order valence-corrected chi connectivity index (χ4v) is 2.18. The number of benzene rings is 2. The van der Waals surface area contributed by atoms with Gasteiger partial charge in [0.15, 0.2) is 0 Å². The van der Waals surface area contributed by atoms with Crippen LogP contribution in [0.2, 0.25) is 5.02 Å². The Bertz CT molecular complexity index is 846. The van der Waals surface area contributed by atoms with Gasteiger partial charge in [0, 0.05) is 12.6 Å². The Morgan fingerprint density at radius 3 is 2.86 bits per heavy atom. The summed E-state index contributed by atoms with van der Waals surface area (Å²) in [6, 6.07) is 8.84. The van der Waals surface area contributed by atoms with Gasteiger partial charge in [-0.1, -0.05) is 16.8 Å². The van der Waals surface area contributed by atoms with Gasteiger partial charge in [0.05, 0.1) is 16.2 Å². The number of halogens is 2. The molecule has 3 aromatic rings. The van der Waals surface area contributed by atoms with Crippen LogP contribution in [0.1, 0.15) is 10.4 Å². The van der Waals surface area contributed by atoms with Gasteiger partial charge in [-0.05, 0) is 36.4 Å². The highest BCUT2D eigenvalue weighted by atomic mass is 35.5. The standard InChI is InChI=1S/C14H10ClFN4O/c1-20-13-5-2-8(6-12(13)18-19-20)14(21)17-11-4-3-9(16)7-10(11)15/h2-7H,1H3,(H,17,21). The molecule has 0 aliphatic carbocycles. The van der Waals surface area contributed by atoms with E-state index in [1.807, 2.05) is 0 Å². The van der Waals surface area contributed by atoms with E-state index in [1.165, 1.54) is 12.1 Å². The Kier molecular flexibility index (Phi) is 3.31. The number of amides is 1. The van der Waals surface area contributed by atoms with Crippen LogP contribution < -0.4 is 5.32 Å². The SMILES string of the molecule is Cn1nnc2cc(C(=O)Nc3ccc(F)cc3Cl)ccc21. The van der Waals surface area contributed by atoms with Crippen molar-refractivity contribution in [2.24, 2.45) is 7.05 Å². The highest BCUT2D eigenvalue weighted by Crippen LogP contribution is 2.23. The van der Waals surface area contributed by atoms with Crippen molar-refractivity contribution in [3.8, 4) is 0 Å². The molecule has 5 nitrogen and oxygen atoms in total. The molecule has 0 aliphatic rings. The molecule has 1 heterocycles. The molecule has 2 aromatic carbocycles. The number of anilines is 1. The second kappa shape index (κ2) is 5.14. The number of carbonyl (C=O) groups excluding carboxylic acids is 1. The molecule has 3 rings (SSSR count). The first-order chi connectivity index (χ1) is 10.0. The quantitative estimate of drug-likeness (QED) is 0.791. The van der Waals surface area contributed by atoms with Crippen LogP contribution in [0.15, 0.2) is 36.4 Å². The monoisotopic (exact) mass is 304 g/mol. The van der Waals surface area contributed by atoms with Crippen molar-refractivity contribution in [1.82, 2.24) is 15.0 Å². The van der Waals surface area contributed by atoms with Gasteiger partial charge in [0.25, 0.3) is 5.91 Å². The van der Waals surface area contributed by atoms with Gasteiger partial charge in [-0.3, -0.25) is 4.79 Å². The summed E-state index contributed by atoms with van der Waals surface area (Å²) in [7, 11) is 1.77. The second-order valence-electron chi connectivity index (χ2n) is 4.49. The lowest BCUT2D eigenvalue weighted by Gasteiger charge is -2.07. The van der Waals surface area contributed by atoms with Crippen molar-refractivity contribution in [1.29, 1.82) is 0 Å². The summed E-state index contributed by atoms with van der Waals surface area (Å²) in [5.41, 5.74) is 2.22. The lowest BCUT2D eigenvalue weighted by Crippen LogP contribution is -2.12. The zero-order valence-electron chi connectivity index (χ0n) is 11.0. The van der Waals surface area contributed by atoms with Crippen molar-refractivity contribution in [2.45, 2.75) is 0 Å². The fraction of sp³-hybridized carbons (Fsp3) is 0.0714. The van der Waals surface area contributed by atoms with E-state index < -0.39 is 5.82 Å². The summed E-state index contributed by atoms with van der Waals surface area (Å²) in [6.07, 6.45) is 0. The second-order valence-corrected chi connectivity index (χ2v) is 4.90. The van der Waals surface area contributed by atoms with Crippen LogP contribution in [-0.4, -0.2) is 20.9 Å². The Balaban J connectivity index is 1.89. The minimum absolute atomic E-state index is 0.143. The molecule has 1 N–H and O–H groups in total. The lowest BCUT2D eigenvalue weighted by molar-refractivity contribution is 0.102. The van der Waals surface area contributed by atoms with Crippen LogP contribution in [0.5, 0.6) is 0 Å². The molecule has 1 aromatic heterocycles. The van der Waals surface area contributed by atoms with E-state index in [0.717, 1.165) is 11.6 Å². The Morgan fingerprint density at radius 1 is 1.29 bits per heavy atom. The molecule has 0 radical (unpaired) electrons. The van der Waals surface area contributed by atoms with Gasteiger partial charge in [-0.25, -0.2) is 9.07 Å². The number of nitrogens with one attached hydrogen (secondary N) is 1. The van der Waals surface area contributed by atoms with E-state index in [4.69, 9.17) is 11.6 Å². The zero-order chi connectivity index (χ0) is 15.0. The van der Waals surface area contributed by atoms with Crippen LogP contribution >= 0.6 is 11.6 Å². The number of hydrogen-bond acceptors (Lipinski definition) is 3. The summed E-state index contributed by atoms with van der Waals surface area (Å²) in [5, 5.41) is 10.6. The smallest absolute Gasteiger partial charge is 0.255 e. The van der Waals surface area contributed by atoms with Crippen LogP contribution in [-0.2, 0) is 7.05 Å². The predicted molar refractivity (Wildman–Crippen MR) is 77.9 cm³/mol. The molecule has 0 fully saturated rings. The van der Waals surface area contributed by atoms with E-state index in [1.54, 1.807) is 29.9 Å². The summed E-state index contributed by atoms with van der Waals surface area (Å²) >= 11 is 5.88. The number of aryl methyl sites for hydroxylation is 1. The average Bonchev–Trinajstić information content (AvgIpc) is 2.83. The Labute approximate surface area is 124 Å². The van der Waals surface area contributed by atoms with Gasteiger partial charge in [0.1, 0.15) is 11.3 Å². The molecule has 106 valence electrons. The highest BCUT2D eigenvalue weighted by molar-refractivity contribution is 6.33. The van der Waals surface area contributed by atoms with Crippen molar-refractivity contribution < 1.29 is 9.18 Å². The summed E-state index contributed by atoms with van der Waals surface area (Å²) in [6.45, 7) is 0. The van der Waals surface area contributed by atoms with Gasteiger partial charge in [0.2, 0.25) is 0 Å². The first kappa shape index (κ1) is 13.5. The third-order valence-electron chi connectivity index (χ3n) is 3.05. The van der Waals surface area contributed by atoms with Crippen LogP contribution in [0.3, 0.4) is 0 Å². The Morgan fingerprint density at radius 2 is 2.10 bits per heavy atom. The molecule has 0 spiro atoms. The molecule has 0 atom stereocenters. The number of fused-ring (bicyclic) bond motifs is 1. The molecule has 0 bridgehead atoms.